The fraction of sp³-hybridized carbons (Fsp3) is 0.500. The lowest BCUT2D eigenvalue weighted by Crippen LogP contribution is -2.51. The highest BCUT2D eigenvalue weighted by atomic mass is 16.1. The Hall–Kier alpha value is -2.23. The molecule has 0 fully saturated rings. The Kier molecular flexibility index (Phi) is 3.90. The Labute approximate surface area is 155 Å². The molecule has 4 rings (SSSR count). The number of aryl methyl sites for hydroxylation is 1. The average molecular weight is 349 g/mol. The van der Waals surface area contributed by atoms with Crippen LogP contribution in [0.5, 0.6) is 0 Å². The standard InChI is InChI=1S/C22H27N3O/c1-5-14-8-7-9-15(10-14)22(6-2)16-13-23-25-20(16)24-17-11-21(3,4)12-18(26)19(17)22/h7-10,13,20,24H,5-6,11-12H2,1-4H3/t20?,22-/m1/s1. The van der Waals surface area contributed by atoms with Gasteiger partial charge in [-0.15, -0.1) is 0 Å². The largest absolute Gasteiger partial charge is 0.362 e. The topological polar surface area (TPSA) is 53.8 Å². The highest BCUT2D eigenvalue weighted by Gasteiger charge is 2.52. The second-order valence-electron chi connectivity index (χ2n) is 8.47. The van der Waals surface area contributed by atoms with E-state index in [4.69, 9.17) is 0 Å². The lowest BCUT2D eigenvalue weighted by atomic mass is 9.58. The van der Waals surface area contributed by atoms with E-state index in [-0.39, 0.29) is 17.4 Å². The summed E-state index contributed by atoms with van der Waals surface area (Å²) in [5.41, 5.74) is 5.17. The van der Waals surface area contributed by atoms with Crippen LogP contribution in [-0.2, 0) is 16.6 Å². The van der Waals surface area contributed by atoms with Crippen LogP contribution in [0.2, 0.25) is 0 Å². The average Bonchev–Trinajstić information content (AvgIpc) is 3.07. The number of nitrogens with zero attached hydrogens (tertiary/aromatic N) is 2. The zero-order valence-corrected chi connectivity index (χ0v) is 16.1. The normalized spacial score (nSPS) is 29.2. The van der Waals surface area contributed by atoms with Gasteiger partial charge >= 0.3 is 0 Å². The van der Waals surface area contributed by atoms with Crippen LogP contribution < -0.4 is 5.32 Å². The van der Waals surface area contributed by atoms with Gasteiger partial charge in [-0.2, -0.15) is 10.2 Å². The van der Waals surface area contributed by atoms with E-state index in [1.807, 2.05) is 6.20 Å². The van der Waals surface area contributed by atoms with Gasteiger partial charge in [0.1, 0.15) is 0 Å². The number of carbonyl (C=O) groups excluding carboxylic acids is 1. The lowest BCUT2D eigenvalue weighted by Gasteiger charge is -2.47. The van der Waals surface area contributed by atoms with E-state index >= 15 is 0 Å². The van der Waals surface area contributed by atoms with Crippen LogP contribution in [0.15, 0.2) is 57.5 Å². The number of hydrogen-bond donors (Lipinski definition) is 1. The second-order valence-corrected chi connectivity index (χ2v) is 8.47. The number of allylic oxidation sites excluding steroid dienone is 2. The number of carbonyl (C=O) groups is 1. The number of benzene rings is 1. The molecule has 1 unspecified atom stereocenters. The van der Waals surface area contributed by atoms with Crippen LogP contribution in [0.3, 0.4) is 0 Å². The molecule has 136 valence electrons. The third-order valence-electron chi connectivity index (χ3n) is 6.14. The Balaban J connectivity index is 1.99. The fourth-order valence-electron chi connectivity index (χ4n) is 4.95. The van der Waals surface area contributed by atoms with Crippen molar-refractivity contribution < 1.29 is 4.79 Å². The van der Waals surface area contributed by atoms with Gasteiger partial charge in [-0.05, 0) is 35.8 Å². The summed E-state index contributed by atoms with van der Waals surface area (Å²) < 4.78 is 0. The van der Waals surface area contributed by atoms with Crippen molar-refractivity contribution in [2.45, 2.75) is 65.0 Å². The first-order valence-electron chi connectivity index (χ1n) is 9.64. The predicted octanol–water partition coefficient (Wildman–Crippen LogP) is 4.82. The third kappa shape index (κ3) is 2.38. The molecule has 1 aromatic carbocycles. The first kappa shape index (κ1) is 17.2. The number of azo groups is 1. The molecule has 2 heterocycles. The van der Waals surface area contributed by atoms with Crippen LogP contribution >= 0.6 is 0 Å². The molecule has 0 bridgehead atoms. The molecule has 1 aliphatic carbocycles. The quantitative estimate of drug-likeness (QED) is 0.850. The number of Topliss-reactive ketones (excluding diaryl/α,β-unsaturated/α-hetero) is 1. The second kappa shape index (κ2) is 5.90. The minimum atomic E-state index is -0.423. The van der Waals surface area contributed by atoms with Gasteiger partial charge < -0.3 is 5.32 Å². The smallest absolute Gasteiger partial charge is 0.164 e. The van der Waals surface area contributed by atoms with E-state index in [9.17, 15) is 4.79 Å². The molecule has 4 nitrogen and oxygen atoms in total. The summed E-state index contributed by atoms with van der Waals surface area (Å²) >= 11 is 0. The van der Waals surface area contributed by atoms with Gasteiger partial charge in [0, 0.05) is 23.3 Å². The van der Waals surface area contributed by atoms with Crippen LogP contribution in [-0.4, -0.2) is 11.9 Å². The summed E-state index contributed by atoms with van der Waals surface area (Å²) in [7, 11) is 0. The molecule has 0 aromatic heterocycles. The van der Waals surface area contributed by atoms with E-state index in [1.54, 1.807) is 0 Å². The van der Waals surface area contributed by atoms with E-state index in [2.05, 4.69) is 67.5 Å². The van der Waals surface area contributed by atoms with E-state index < -0.39 is 5.41 Å². The van der Waals surface area contributed by atoms with Gasteiger partial charge in [0.2, 0.25) is 0 Å². The van der Waals surface area contributed by atoms with Crippen LogP contribution in [0.25, 0.3) is 0 Å². The van der Waals surface area contributed by atoms with Gasteiger partial charge in [-0.3, -0.25) is 4.79 Å². The first-order valence-corrected chi connectivity index (χ1v) is 9.64. The third-order valence-corrected chi connectivity index (χ3v) is 6.14. The molecule has 0 amide bonds. The zero-order valence-electron chi connectivity index (χ0n) is 16.1. The Morgan fingerprint density at radius 1 is 1.23 bits per heavy atom. The maximum absolute atomic E-state index is 13.3. The molecule has 0 spiro atoms. The molecule has 0 saturated carbocycles. The Morgan fingerprint density at radius 2 is 2.04 bits per heavy atom. The molecule has 3 aliphatic rings. The van der Waals surface area contributed by atoms with E-state index in [0.29, 0.717) is 6.42 Å². The molecule has 0 radical (unpaired) electrons. The Morgan fingerprint density at radius 3 is 2.77 bits per heavy atom. The number of nitrogens with one attached hydrogen (secondary N) is 1. The van der Waals surface area contributed by atoms with E-state index in [0.717, 1.165) is 36.1 Å². The first-order chi connectivity index (χ1) is 12.4. The lowest BCUT2D eigenvalue weighted by molar-refractivity contribution is -0.119. The molecule has 1 aromatic rings. The molecule has 26 heavy (non-hydrogen) atoms. The van der Waals surface area contributed by atoms with Crippen molar-refractivity contribution in [3.8, 4) is 0 Å². The molecular weight excluding hydrogens is 322 g/mol. The molecule has 2 atom stereocenters. The molecule has 4 heteroatoms. The predicted molar refractivity (Wildman–Crippen MR) is 103 cm³/mol. The van der Waals surface area contributed by atoms with Crippen LogP contribution in [0, 0.1) is 5.41 Å². The highest BCUT2D eigenvalue weighted by Crippen LogP contribution is 2.53. The van der Waals surface area contributed by atoms with Crippen LogP contribution in [0.4, 0.5) is 0 Å². The van der Waals surface area contributed by atoms with Gasteiger partial charge in [0.15, 0.2) is 11.9 Å². The maximum atomic E-state index is 13.3. The van der Waals surface area contributed by atoms with E-state index in [1.165, 1.54) is 11.1 Å². The highest BCUT2D eigenvalue weighted by molar-refractivity contribution is 6.01. The SMILES string of the molecule is CCc1cccc([C@]2(CC)C3=CN=NC3NC3=C2C(=O)CC(C)(C)C3)c1. The summed E-state index contributed by atoms with van der Waals surface area (Å²) in [5, 5.41) is 12.2. The van der Waals surface area contributed by atoms with Crippen molar-refractivity contribution in [1.29, 1.82) is 0 Å². The maximum Gasteiger partial charge on any atom is 0.164 e. The Bertz CT molecular complexity index is 862. The number of fused-ring (bicyclic) bond motifs is 1. The van der Waals surface area contributed by atoms with Gasteiger partial charge in [0.05, 0.1) is 11.6 Å². The van der Waals surface area contributed by atoms with Gasteiger partial charge in [-0.1, -0.05) is 52.0 Å². The number of hydrogen-bond acceptors (Lipinski definition) is 4. The van der Waals surface area contributed by atoms with Crippen molar-refractivity contribution in [2.75, 3.05) is 0 Å². The van der Waals surface area contributed by atoms with Crippen molar-refractivity contribution in [2.24, 2.45) is 15.6 Å². The fourth-order valence-corrected chi connectivity index (χ4v) is 4.95. The molecular formula is C22H27N3O. The van der Waals surface area contributed by atoms with Crippen molar-refractivity contribution >= 4 is 5.78 Å². The van der Waals surface area contributed by atoms with Crippen molar-refractivity contribution in [3.63, 3.8) is 0 Å². The zero-order chi connectivity index (χ0) is 18.5. The summed E-state index contributed by atoms with van der Waals surface area (Å²) in [4.78, 5) is 13.3. The summed E-state index contributed by atoms with van der Waals surface area (Å²) in [6.45, 7) is 8.69. The molecule has 0 saturated heterocycles. The van der Waals surface area contributed by atoms with Crippen LogP contribution in [0.1, 0.15) is 58.1 Å². The summed E-state index contributed by atoms with van der Waals surface area (Å²) in [5.74, 6) is 0.263. The number of rotatable bonds is 3. The van der Waals surface area contributed by atoms with Gasteiger partial charge in [-0.25, -0.2) is 0 Å². The summed E-state index contributed by atoms with van der Waals surface area (Å²) in [6.07, 6.45) is 5.00. The van der Waals surface area contributed by atoms with Crippen molar-refractivity contribution in [1.82, 2.24) is 5.32 Å². The molecule has 2 aliphatic heterocycles. The minimum absolute atomic E-state index is 0.0232. The minimum Gasteiger partial charge on any atom is -0.362 e. The monoisotopic (exact) mass is 349 g/mol. The van der Waals surface area contributed by atoms with Gasteiger partial charge in [0.25, 0.3) is 0 Å². The molecule has 1 N–H and O–H groups in total. The number of ketones is 1. The summed E-state index contributed by atoms with van der Waals surface area (Å²) in [6, 6.07) is 8.71. The van der Waals surface area contributed by atoms with Crippen molar-refractivity contribution in [3.05, 3.63) is 58.4 Å².